The molecular weight excluding hydrogens is 448 g/mol. The zero-order valence-corrected chi connectivity index (χ0v) is 20.4. The van der Waals surface area contributed by atoms with Crippen LogP contribution in [0.4, 0.5) is 0 Å². The van der Waals surface area contributed by atoms with Crippen molar-refractivity contribution < 1.29 is 4.42 Å². The lowest BCUT2D eigenvalue weighted by Gasteiger charge is -2.17. The molecule has 1 aliphatic rings. The maximum absolute atomic E-state index is 6.34. The molecule has 37 heavy (non-hydrogen) atoms. The van der Waals surface area contributed by atoms with Gasteiger partial charge in [0.2, 0.25) is 0 Å². The van der Waals surface area contributed by atoms with E-state index in [0.29, 0.717) is 0 Å². The molecule has 1 aliphatic carbocycles. The number of furan rings is 1. The van der Waals surface area contributed by atoms with Crippen LogP contribution < -0.4 is 0 Å². The highest BCUT2D eigenvalue weighted by atomic mass is 16.3. The van der Waals surface area contributed by atoms with Crippen molar-refractivity contribution in [1.29, 1.82) is 0 Å². The molecule has 174 valence electrons. The van der Waals surface area contributed by atoms with E-state index in [2.05, 4.69) is 121 Å². The highest BCUT2D eigenvalue weighted by molar-refractivity contribution is 6.22. The zero-order valence-electron chi connectivity index (χ0n) is 20.4. The smallest absolute Gasteiger partial charge is 0.135 e. The van der Waals surface area contributed by atoms with E-state index in [-0.39, 0.29) is 0 Å². The fourth-order valence-electron chi connectivity index (χ4n) is 6.21. The first-order chi connectivity index (χ1) is 18.3. The molecule has 1 nitrogen and oxygen atoms in total. The standard InChI is InChI=1S/C36H24O/c1-2-10-23(11-3-1)35-27-14-6-8-16-29(27)36(30-17-9-7-15-28(30)35)26-18-19-33-31(21-26)32-20-24-12-4-5-13-25(24)22-34(32)37-33/h1-4,6-12,14-22H,5,13H2. The van der Waals surface area contributed by atoms with Gasteiger partial charge in [-0.25, -0.2) is 0 Å². The molecule has 0 aliphatic heterocycles. The molecule has 0 spiro atoms. The fourth-order valence-corrected chi connectivity index (χ4v) is 6.21. The van der Waals surface area contributed by atoms with Crippen molar-refractivity contribution in [3.05, 3.63) is 126 Å². The Hall–Kier alpha value is -4.62. The third kappa shape index (κ3) is 3.11. The maximum atomic E-state index is 6.34. The number of hydrogen-bond acceptors (Lipinski definition) is 1. The monoisotopic (exact) mass is 472 g/mol. The molecule has 0 amide bonds. The Labute approximate surface area is 215 Å². The number of hydrogen-bond donors (Lipinski definition) is 0. The summed E-state index contributed by atoms with van der Waals surface area (Å²) < 4.78 is 6.34. The van der Waals surface area contributed by atoms with Gasteiger partial charge in [-0.3, -0.25) is 0 Å². The molecular formula is C36H24O. The van der Waals surface area contributed by atoms with Crippen LogP contribution in [0.15, 0.2) is 120 Å². The van der Waals surface area contributed by atoms with E-state index in [1.807, 2.05) is 0 Å². The first kappa shape index (κ1) is 20.6. The third-order valence-electron chi connectivity index (χ3n) is 7.89. The number of benzene rings is 6. The first-order valence-corrected chi connectivity index (χ1v) is 13.0. The predicted molar refractivity (Wildman–Crippen MR) is 157 cm³/mol. The van der Waals surface area contributed by atoms with Crippen LogP contribution in [0.5, 0.6) is 0 Å². The van der Waals surface area contributed by atoms with Gasteiger partial charge in [0.05, 0.1) is 0 Å². The molecule has 1 aromatic heterocycles. The van der Waals surface area contributed by atoms with E-state index < -0.39 is 0 Å². The van der Waals surface area contributed by atoms with Crippen molar-refractivity contribution in [1.82, 2.24) is 0 Å². The quantitative estimate of drug-likeness (QED) is 0.228. The van der Waals surface area contributed by atoms with Crippen LogP contribution >= 0.6 is 0 Å². The van der Waals surface area contributed by atoms with Crippen molar-refractivity contribution in [2.75, 3.05) is 0 Å². The number of allylic oxidation sites excluding steroid dienone is 1. The van der Waals surface area contributed by atoms with E-state index in [0.717, 1.165) is 24.0 Å². The summed E-state index contributed by atoms with van der Waals surface area (Å²) in [6, 6.07) is 39.7. The van der Waals surface area contributed by atoms with Crippen LogP contribution in [-0.2, 0) is 6.42 Å². The Morgan fingerprint density at radius 3 is 1.81 bits per heavy atom. The van der Waals surface area contributed by atoms with Crippen LogP contribution in [0.25, 0.3) is 71.8 Å². The van der Waals surface area contributed by atoms with Gasteiger partial charge >= 0.3 is 0 Å². The van der Waals surface area contributed by atoms with Gasteiger partial charge in [0.25, 0.3) is 0 Å². The minimum Gasteiger partial charge on any atom is -0.456 e. The van der Waals surface area contributed by atoms with Gasteiger partial charge < -0.3 is 4.42 Å². The summed E-state index contributed by atoms with van der Waals surface area (Å²) in [5.74, 6) is 0. The summed E-state index contributed by atoms with van der Waals surface area (Å²) in [6.07, 6.45) is 6.70. The predicted octanol–water partition coefficient (Wildman–Crippen LogP) is 10.2. The number of aryl methyl sites for hydroxylation is 1. The maximum Gasteiger partial charge on any atom is 0.135 e. The second-order valence-electron chi connectivity index (χ2n) is 10.0. The summed E-state index contributed by atoms with van der Waals surface area (Å²) in [5.41, 5.74) is 9.66. The summed E-state index contributed by atoms with van der Waals surface area (Å²) in [7, 11) is 0. The molecule has 0 fully saturated rings. The molecule has 0 N–H and O–H groups in total. The van der Waals surface area contributed by atoms with Gasteiger partial charge in [0.1, 0.15) is 11.2 Å². The van der Waals surface area contributed by atoms with Gasteiger partial charge in [-0.05, 0) is 92.0 Å². The molecule has 0 atom stereocenters. The molecule has 0 saturated heterocycles. The van der Waals surface area contributed by atoms with E-state index in [9.17, 15) is 0 Å². The van der Waals surface area contributed by atoms with Gasteiger partial charge in [-0.15, -0.1) is 0 Å². The topological polar surface area (TPSA) is 13.1 Å². The van der Waals surface area contributed by atoms with Crippen molar-refractivity contribution in [2.24, 2.45) is 0 Å². The highest BCUT2D eigenvalue weighted by Gasteiger charge is 2.18. The molecule has 7 aromatic rings. The third-order valence-corrected chi connectivity index (χ3v) is 7.89. The molecule has 0 unspecified atom stereocenters. The first-order valence-electron chi connectivity index (χ1n) is 13.0. The number of fused-ring (bicyclic) bond motifs is 6. The summed E-state index contributed by atoms with van der Waals surface area (Å²) >= 11 is 0. The SMILES string of the molecule is C1=Cc2cc3c(cc2CC1)oc1ccc(-c2c4ccccc4c(-c4ccccc4)c4ccccc24)cc13. The molecule has 0 radical (unpaired) electrons. The van der Waals surface area contributed by atoms with Crippen molar-refractivity contribution in [2.45, 2.75) is 12.8 Å². The number of rotatable bonds is 2. The summed E-state index contributed by atoms with van der Waals surface area (Å²) in [5, 5.41) is 7.46. The Morgan fingerprint density at radius 1 is 0.486 bits per heavy atom. The van der Waals surface area contributed by atoms with Crippen LogP contribution in [0.2, 0.25) is 0 Å². The molecule has 0 bridgehead atoms. The fraction of sp³-hybridized carbons (Fsp3) is 0.0556. The Morgan fingerprint density at radius 2 is 1.11 bits per heavy atom. The van der Waals surface area contributed by atoms with Crippen LogP contribution in [-0.4, -0.2) is 0 Å². The molecule has 1 heterocycles. The normalized spacial score (nSPS) is 13.1. The van der Waals surface area contributed by atoms with Crippen LogP contribution in [0.1, 0.15) is 17.5 Å². The van der Waals surface area contributed by atoms with Crippen LogP contribution in [0, 0.1) is 0 Å². The molecule has 1 heteroatoms. The Balaban J connectivity index is 1.46. The molecule has 8 rings (SSSR count). The van der Waals surface area contributed by atoms with E-state index in [4.69, 9.17) is 4.42 Å². The summed E-state index contributed by atoms with van der Waals surface area (Å²) in [6.45, 7) is 0. The van der Waals surface area contributed by atoms with E-state index in [1.165, 1.54) is 65.7 Å². The van der Waals surface area contributed by atoms with Crippen molar-refractivity contribution in [3.8, 4) is 22.3 Å². The second kappa shape index (κ2) is 7.94. The minimum absolute atomic E-state index is 0.944. The molecule has 6 aromatic carbocycles. The largest absolute Gasteiger partial charge is 0.456 e. The van der Waals surface area contributed by atoms with Crippen molar-refractivity contribution >= 4 is 49.6 Å². The lowest BCUT2D eigenvalue weighted by atomic mass is 9.86. The van der Waals surface area contributed by atoms with Gasteiger partial charge in [0.15, 0.2) is 0 Å². The lowest BCUT2D eigenvalue weighted by Crippen LogP contribution is -1.93. The van der Waals surface area contributed by atoms with E-state index in [1.54, 1.807) is 0 Å². The zero-order chi connectivity index (χ0) is 24.3. The van der Waals surface area contributed by atoms with E-state index >= 15 is 0 Å². The summed E-state index contributed by atoms with van der Waals surface area (Å²) in [4.78, 5) is 0. The van der Waals surface area contributed by atoms with Crippen molar-refractivity contribution in [3.63, 3.8) is 0 Å². The minimum atomic E-state index is 0.944. The Kier molecular flexibility index (Phi) is 4.41. The van der Waals surface area contributed by atoms with Gasteiger partial charge in [-0.2, -0.15) is 0 Å². The second-order valence-corrected chi connectivity index (χ2v) is 10.0. The molecule has 0 saturated carbocycles. The Bertz CT molecular complexity index is 1960. The van der Waals surface area contributed by atoms with Crippen LogP contribution in [0.3, 0.4) is 0 Å². The highest BCUT2D eigenvalue weighted by Crippen LogP contribution is 2.44. The van der Waals surface area contributed by atoms with Gasteiger partial charge in [0, 0.05) is 10.8 Å². The van der Waals surface area contributed by atoms with Gasteiger partial charge in [-0.1, -0.05) is 97.1 Å². The average Bonchev–Trinajstić information content (AvgIpc) is 3.31. The average molecular weight is 473 g/mol. The lowest BCUT2D eigenvalue weighted by molar-refractivity contribution is 0.668.